The van der Waals surface area contributed by atoms with Gasteiger partial charge in [-0.15, -0.1) is 0 Å². The van der Waals surface area contributed by atoms with Crippen LogP contribution in [-0.4, -0.2) is 6.04 Å². The van der Waals surface area contributed by atoms with Crippen molar-refractivity contribution in [2.24, 2.45) is 0 Å². The number of hydrogen-bond donors (Lipinski definition) is 1. The maximum Gasteiger partial charge on any atom is 0.0421 e. The molecular formula is C16H21N. The Morgan fingerprint density at radius 3 is 2.47 bits per heavy atom. The van der Waals surface area contributed by atoms with Gasteiger partial charge in [0.25, 0.3) is 0 Å². The molecule has 0 amide bonds. The van der Waals surface area contributed by atoms with E-state index in [1.807, 2.05) is 12.2 Å². The number of rotatable bonds is 4. The molecule has 17 heavy (non-hydrogen) atoms. The van der Waals surface area contributed by atoms with Crippen molar-refractivity contribution in [3.63, 3.8) is 0 Å². The van der Waals surface area contributed by atoms with E-state index < -0.39 is 0 Å². The third-order valence-corrected chi connectivity index (χ3v) is 3.53. The quantitative estimate of drug-likeness (QED) is 0.785. The lowest BCUT2D eigenvalue weighted by Gasteiger charge is -2.25. The second-order valence-corrected chi connectivity index (χ2v) is 4.70. The molecule has 0 atom stereocenters. The normalized spacial score (nSPS) is 16.5. The van der Waals surface area contributed by atoms with Crippen LogP contribution in [0.25, 0.3) is 12.2 Å². The van der Waals surface area contributed by atoms with Gasteiger partial charge in [0.1, 0.15) is 0 Å². The zero-order valence-corrected chi connectivity index (χ0v) is 10.4. The summed E-state index contributed by atoms with van der Waals surface area (Å²) in [6.07, 6.45) is 10.5. The Bertz CT molecular complexity index is 400. The average Bonchev–Trinajstić information content (AvgIpc) is 2.39. The molecular weight excluding hydrogens is 206 g/mol. The van der Waals surface area contributed by atoms with Gasteiger partial charge in [-0.1, -0.05) is 56.7 Å². The molecule has 0 saturated heterocycles. The van der Waals surface area contributed by atoms with Gasteiger partial charge in [-0.3, -0.25) is 0 Å². The second kappa shape index (κ2) is 5.72. The average molecular weight is 227 g/mol. The van der Waals surface area contributed by atoms with Crippen LogP contribution in [0.2, 0.25) is 0 Å². The minimum absolute atomic E-state index is 0.627. The van der Waals surface area contributed by atoms with Gasteiger partial charge in [0, 0.05) is 17.3 Å². The summed E-state index contributed by atoms with van der Waals surface area (Å²) in [7, 11) is 0. The number of anilines is 1. The van der Waals surface area contributed by atoms with Crippen LogP contribution in [0.3, 0.4) is 0 Å². The molecule has 1 nitrogen and oxygen atoms in total. The summed E-state index contributed by atoms with van der Waals surface area (Å²) in [5.74, 6) is 0. The zero-order chi connectivity index (χ0) is 12.1. The van der Waals surface area contributed by atoms with Crippen LogP contribution < -0.4 is 5.32 Å². The number of hydrogen-bond acceptors (Lipinski definition) is 1. The summed E-state index contributed by atoms with van der Waals surface area (Å²) in [5, 5.41) is 3.66. The molecule has 0 bridgehead atoms. The molecule has 90 valence electrons. The van der Waals surface area contributed by atoms with Crippen LogP contribution in [0.5, 0.6) is 0 Å². The molecule has 1 N–H and O–H groups in total. The van der Waals surface area contributed by atoms with E-state index in [4.69, 9.17) is 0 Å². The van der Waals surface area contributed by atoms with Crippen molar-refractivity contribution in [1.29, 1.82) is 0 Å². The Hall–Kier alpha value is -1.50. The monoisotopic (exact) mass is 227 g/mol. The van der Waals surface area contributed by atoms with Gasteiger partial charge in [0.2, 0.25) is 0 Å². The summed E-state index contributed by atoms with van der Waals surface area (Å²) < 4.78 is 0. The Kier molecular flexibility index (Phi) is 4.03. The molecule has 2 rings (SSSR count). The highest BCUT2D eigenvalue weighted by Gasteiger charge is 2.14. The fraction of sp³-hybridized carbons (Fsp3) is 0.375. The van der Waals surface area contributed by atoms with Crippen molar-refractivity contribution in [3.05, 3.63) is 42.5 Å². The lowest BCUT2D eigenvalue weighted by atomic mass is 9.94. The standard InChI is InChI=1S/C16H21N/c1-3-13-9-8-12-16(15(13)4-2)17-14-10-6-5-7-11-14/h3-4,8-9,12,14,17H,1-2,5-7,10-11H2. The van der Waals surface area contributed by atoms with Gasteiger partial charge in [-0.25, -0.2) is 0 Å². The summed E-state index contributed by atoms with van der Waals surface area (Å²) in [6.45, 7) is 7.76. The Labute approximate surface area is 104 Å². The second-order valence-electron chi connectivity index (χ2n) is 4.70. The third-order valence-electron chi connectivity index (χ3n) is 3.53. The Morgan fingerprint density at radius 2 is 1.82 bits per heavy atom. The lowest BCUT2D eigenvalue weighted by Crippen LogP contribution is -2.22. The Balaban J connectivity index is 2.19. The van der Waals surface area contributed by atoms with Crippen molar-refractivity contribution in [2.75, 3.05) is 5.32 Å². The minimum Gasteiger partial charge on any atom is -0.382 e. The lowest BCUT2D eigenvalue weighted by molar-refractivity contribution is 0.462. The largest absolute Gasteiger partial charge is 0.382 e. The first-order valence-corrected chi connectivity index (χ1v) is 6.49. The molecule has 0 spiro atoms. The maximum absolute atomic E-state index is 3.91. The smallest absolute Gasteiger partial charge is 0.0421 e. The van der Waals surface area contributed by atoms with Gasteiger partial charge >= 0.3 is 0 Å². The van der Waals surface area contributed by atoms with Gasteiger partial charge in [0.15, 0.2) is 0 Å². The third kappa shape index (κ3) is 2.79. The molecule has 0 aliphatic heterocycles. The van der Waals surface area contributed by atoms with Gasteiger partial charge < -0.3 is 5.32 Å². The van der Waals surface area contributed by atoms with Crippen molar-refractivity contribution in [1.82, 2.24) is 0 Å². The van der Waals surface area contributed by atoms with E-state index in [-0.39, 0.29) is 0 Å². The molecule has 1 aliphatic carbocycles. The van der Waals surface area contributed by atoms with E-state index in [9.17, 15) is 0 Å². The molecule has 1 aromatic rings. The van der Waals surface area contributed by atoms with E-state index in [1.165, 1.54) is 43.4 Å². The highest BCUT2D eigenvalue weighted by Crippen LogP contribution is 2.26. The van der Waals surface area contributed by atoms with Crippen LogP contribution in [0, 0.1) is 0 Å². The first-order valence-electron chi connectivity index (χ1n) is 6.49. The van der Waals surface area contributed by atoms with Crippen molar-refractivity contribution >= 4 is 17.8 Å². The fourth-order valence-electron chi connectivity index (χ4n) is 2.58. The van der Waals surface area contributed by atoms with Gasteiger partial charge in [0.05, 0.1) is 0 Å². The highest BCUT2D eigenvalue weighted by atomic mass is 14.9. The minimum atomic E-state index is 0.627. The molecule has 0 aromatic heterocycles. The van der Waals surface area contributed by atoms with Crippen LogP contribution in [0.15, 0.2) is 31.4 Å². The van der Waals surface area contributed by atoms with Gasteiger partial charge in [-0.05, 0) is 24.5 Å². The van der Waals surface area contributed by atoms with Crippen LogP contribution in [0.4, 0.5) is 5.69 Å². The number of nitrogens with one attached hydrogen (secondary N) is 1. The predicted molar refractivity (Wildman–Crippen MR) is 77.1 cm³/mol. The van der Waals surface area contributed by atoms with Crippen LogP contribution >= 0.6 is 0 Å². The molecule has 0 unspecified atom stereocenters. The summed E-state index contributed by atoms with van der Waals surface area (Å²) in [4.78, 5) is 0. The predicted octanol–water partition coefficient (Wildman–Crippen LogP) is 4.72. The van der Waals surface area contributed by atoms with Crippen LogP contribution in [0.1, 0.15) is 43.2 Å². The molecule has 1 heteroatoms. The molecule has 1 fully saturated rings. The summed E-state index contributed by atoms with van der Waals surface area (Å²) >= 11 is 0. The van der Waals surface area contributed by atoms with E-state index >= 15 is 0 Å². The fourth-order valence-corrected chi connectivity index (χ4v) is 2.58. The molecule has 1 aliphatic rings. The maximum atomic E-state index is 3.91. The molecule has 0 radical (unpaired) electrons. The number of benzene rings is 1. The van der Waals surface area contributed by atoms with Crippen molar-refractivity contribution in [3.8, 4) is 0 Å². The van der Waals surface area contributed by atoms with E-state index in [0.29, 0.717) is 6.04 Å². The summed E-state index contributed by atoms with van der Waals surface area (Å²) in [5.41, 5.74) is 3.53. The van der Waals surface area contributed by atoms with Crippen molar-refractivity contribution in [2.45, 2.75) is 38.1 Å². The highest BCUT2D eigenvalue weighted by molar-refractivity contribution is 5.75. The van der Waals surface area contributed by atoms with Gasteiger partial charge in [-0.2, -0.15) is 0 Å². The molecule has 1 aromatic carbocycles. The SMILES string of the molecule is C=Cc1cccc(NC2CCCCC2)c1C=C. The Morgan fingerprint density at radius 1 is 1.06 bits per heavy atom. The first kappa shape index (κ1) is 12.0. The van der Waals surface area contributed by atoms with E-state index in [2.05, 4.69) is 36.7 Å². The van der Waals surface area contributed by atoms with Crippen LogP contribution in [-0.2, 0) is 0 Å². The van der Waals surface area contributed by atoms with Crippen molar-refractivity contribution < 1.29 is 0 Å². The first-order chi connectivity index (χ1) is 8.35. The molecule has 0 heterocycles. The zero-order valence-electron chi connectivity index (χ0n) is 10.4. The summed E-state index contributed by atoms with van der Waals surface area (Å²) in [6, 6.07) is 6.92. The topological polar surface area (TPSA) is 12.0 Å². The van der Waals surface area contributed by atoms with E-state index in [0.717, 1.165) is 5.56 Å². The molecule has 1 saturated carbocycles. The van der Waals surface area contributed by atoms with E-state index in [1.54, 1.807) is 0 Å².